The maximum atomic E-state index is 12.6. The van der Waals surface area contributed by atoms with E-state index in [-0.39, 0.29) is 17.3 Å². The number of carbonyl (C=O) groups is 1. The molecule has 0 fully saturated rings. The van der Waals surface area contributed by atoms with E-state index in [0.717, 1.165) is 34.0 Å². The average molecular weight is 395 g/mol. The van der Waals surface area contributed by atoms with Gasteiger partial charge >= 0.3 is 0 Å². The van der Waals surface area contributed by atoms with Gasteiger partial charge in [-0.15, -0.1) is 0 Å². The molecule has 2 rings (SSSR count). The third-order valence-corrected chi connectivity index (χ3v) is 6.22. The maximum Gasteiger partial charge on any atom is 0.243 e. The van der Waals surface area contributed by atoms with Crippen molar-refractivity contribution in [2.45, 2.75) is 31.6 Å². The molecule has 140 valence electrons. The molecule has 7 heteroatoms. The Morgan fingerprint density at radius 3 is 2.08 bits per heavy atom. The van der Waals surface area contributed by atoms with Crippen molar-refractivity contribution in [2.75, 3.05) is 18.9 Å². The van der Waals surface area contributed by atoms with Gasteiger partial charge in [-0.25, -0.2) is 8.42 Å². The molecule has 2 aromatic rings. The molecule has 0 aromatic heterocycles. The van der Waals surface area contributed by atoms with Crippen molar-refractivity contribution in [1.29, 1.82) is 0 Å². The third-order valence-electron chi connectivity index (χ3n) is 4.15. The minimum absolute atomic E-state index is 0.0976. The van der Waals surface area contributed by atoms with Crippen LogP contribution in [0.15, 0.2) is 47.4 Å². The van der Waals surface area contributed by atoms with Gasteiger partial charge in [-0.1, -0.05) is 43.6 Å². The second kappa shape index (κ2) is 8.66. The van der Waals surface area contributed by atoms with E-state index in [1.165, 1.54) is 31.3 Å². The summed E-state index contributed by atoms with van der Waals surface area (Å²) in [5, 5.41) is 3.33. The van der Waals surface area contributed by atoms with E-state index >= 15 is 0 Å². The molecule has 0 atom stereocenters. The number of halogens is 1. The molecule has 0 saturated heterocycles. The largest absolute Gasteiger partial charge is 0.324 e. The number of nitrogens with one attached hydrogen (secondary N) is 1. The quantitative estimate of drug-likeness (QED) is 0.778. The standard InChI is InChI=1S/C19H23ClN2O3S/c1-4-14-7-6-8-15(5-2)19(14)21-18(23)13-22(3)26(24,25)17-11-9-16(20)10-12-17/h6-12H,4-5,13H2,1-3H3,(H,21,23). The highest BCUT2D eigenvalue weighted by atomic mass is 35.5. The summed E-state index contributed by atoms with van der Waals surface area (Å²) in [6.07, 6.45) is 1.56. The topological polar surface area (TPSA) is 66.5 Å². The molecule has 0 heterocycles. The number of anilines is 1. The number of carbonyl (C=O) groups excluding carboxylic acids is 1. The number of nitrogens with zero attached hydrogens (tertiary/aromatic N) is 1. The molecule has 0 saturated carbocycles. The average Bonchev–Trinajstić information content (AvgIpc) is 2.62. The first-order valence-electron chi connectivity index (χ1n) is 8.42. The Kier molecular flexibility index (Phi) is 6.81. The first-order chi connectivity index (χ1) is 12.3. The van der Waals surface area contributed by atoms with E-state index in [0.29, 0.717) is 5.02 Å². The Hall–Kier alpha value is -1.89. The summed E-state index contributed by atoms with van der Waals surface area (Å²) in [4.78, 5) is 12.6. The first-order valence-corrected chi connectivity index (χ1v) is 10.2. The second-order valence-corrected chi connectivity index (χ2v) is 8.40. The minimum atomic E-state index is -3.76. The molecule has 2 aromatic carbocycles. The van der Waals surface area contributed by atoms with Crippen LogP contribution in [-0.2, 0) is 27.7 Å². The molecule has 1 N–H and O–H groups in total. The number of benzene rings is 2. The number of amides is 1. The Labute approximate surface area is 160 Å². The van der Waals surface area contributed by atoms with Gasteiger partial charge in [-0.05, 0) is 48.2 Å². The molecule has 0 unspecified atom stereocenters. The van der Waals surface area contributed by atoms with Crippen LogP contribution in [0, 0.1) is 0 Å². The molecular weight excluding hydrogens is 372 g/mol. The lowest BCUT2D eigenvalue weighted by Crippen LogP contribution is -2.35. The van der Waals surface area contributed by atoms with Gasteiger partial charge in [-0.3, -0.25) is 4.79 Å². The van der Waals surface area contributed by atoms with E-state index in [1.807, 2.05) is 32.0 Å². The number of aryl methyl sites for hydroxylation is 2. The van der Waals surface area contributed by atoms with E-state index in [1.54, 1.807) is 0 Å². The predicted molar refractivity (Wildman–Crippen MR) is 105 cm³/mol. The van der Waals surface area contributed by atoms with Gasteiger partial charge in [0.2, 0.25) is 15.9 Å². The Morgan fingerprint density at radius 2 is 1.58 bits per heavy atom. The van der Waals surface area contributed by atoms with Gasteiger partial charge in [0.1, 0.15) is 0 Å². The van der Waals surface area contributed by atoms with Gasteiger partial charge in [0.15, 0.2) is 0 Å². The zero-order chi connectivity index (χ0) is 19.3. The van der Waals surface area contributed by atoms with Gasteiger partial charge in [0, 0.05) is 17.8 Å². The summed E-state index contributed by atoms with van der Waals surface area (Å²) in [5.41, 5.74) is 2.83. The van der Waals surface area contributed by atoms with Crippen molar-refractivity contribution in [3.05, 3.63) is 58.6 Å². The summed E-state index contributed by atoms with van der Waals surface area (Å²) >= 11 is 5.80. The molecule has 1 amide bonds. The lowest BCUT2D eigenvalue weighted by molar-refractivity contribution is -0.116. The van der Waals surface area contributed by atoms with Crippen LogP contribution < -0.4 is 5.32 Å². The summed E-state index contributed by atoms with van der Waals surface area (Å²) in [6, 6.07) is 11.7. The van der Waals surface area contributed by atoms with Crippen molar-refractivity contribution in [1.82, 2.24) is 4.31 Å². The van der Waals surface area contributed by atoms with Crippen LogP contribution in [0.5, 0.6) is 0 Å². The Bertz CT molecular complexity index is 858. The fourth-order valence-corrected chi connectivity index (χ4v) is 3.91. The molecule has 5 nitrogen and oxygen atoms in total. The minimum Gasteiger partial charge on any atom is -0.324 e. The maximum absolute atomic E-state index is 12.6. The molecule has 0 radical (unpaired) electrons. The smallest absolute Gasteiger partial charge is 0.243 e. The SMILES string of the molecule is CCc1cccc(CC)c1NC(=O)CN(C)S(=O)(=O)c1ccc(Cl)cc1. The molecule has 0 bridgehead atoms. The summed E-state index contributed by atoms with van der Waals surface area (Å²) in [7, 11) is -2.38. The highest BCUT2D eigenvalue weighted by Gasteiger charge is 2.23. The highest BCUT2D eigenvalue weighted by Crippen LogP contribution is 2.23. The number of sulfonamides is 1. The van der Waals surface area contributed by atoms with Crippen molar-refractivity contribution < 1.29 is 13.2 Å². The zero-order valence-corrected chi connectivity index (χ0v) is 16.7. The summed E-state index contributed by atoms with van der Waals surface area (Å²) in [6.45, 7) is 3.76. The monoisotopic (exact) mass is 394 g/mol. The van der Waals surface area contributed by atoms with E-state index in [2.05, 4.69) is 5.32 Å². The second-order valence-electron chi connectivity index (χ2n) is 5.92. The Balaban J connectivity index is 2.16. The Morgan fingerprint density at radius 1 is 1.04 bits per heavy atom. The van der Waals surface area contributed by atoms with Crippen LogP contribution in [-0.4, -0.2) is 32.2 Å². The molecule has 0 aliphatic heterocycles. The molecule has 26 heavy (non-hydrogen) atoms. The molecule has 0 aliphatic rings. The lowest BCUT2D eigenvalue weighted by atomic mass is 10.0. The fourth-order valence-electron chi connectivity index (χ4n) is 2.66. The van der Waals surface area contributed by atoms with Crippen molar-refractivity contribution in [3.8, 4) is 0 Å². The number of hydrogen-bond donors (Lipinski definition) is 1. The van der Waals surface area contributed by atoms with Gasteiger partial charge in [0.25, 0.3) is 0 Å². The molecule has 0 aliphatic carbocycles. The summed E-state index contributed by atoms with van der Waals surface area (Å²) in [5.74, 6) is -0.374. The summed E-state index contributed by atoms with van der Waals surface area (Å²) < 4.78 is 26.2. The normalized spacial score (nSPS) is 11.6. The van der Waals surface area contributed by atoms with Crippen LogP contribution in [0.3, 0.4) is 0 Å². The van der Waals surface area contributed by atoms with E-state index in [4.69, 9.17) is 11.6 Å². The van der Waals surface area contributed by atoms with Crippen molar-refractivity contribution >= 4 is 33.2 Å². The zero-order valence-electron chi connectivity index (χ0n) is 15.1. The van der Waals surface area contributed by atoms with Gasteiger partial charge < -0.3 is 5.32 Å². The van der Waals surface area contributed by atoms with Crippen LogP contribution in [0.1, 0.15) is 25.0 Å². The number of rotatable bonds is 7. The first kappa shape index (κ1) is 20.4. The third kappa shape index (κ3) is 4.63. The van der Waals surface area contributed by atoms with Crippen LogP contribution >= 0.6 is 11.6 Å². The van der Waals surface area contributed by atoms with Crippen molar-refractivity contribution in [2.24, 2.45) is 0 Å². The van der Waals surface area contributed by atoms with Crippen LogP contribution in [0.25, 0.3) is 0 Å². The van der Waals surface area contributed by atoms with E-state index < -0.39 is 10.0 Å². The lowest BCUT2D eigenvalue weighted by Gasteiger charge is -2.19. The predicted octanol–water partition coefficient (Wildman–Crippen LogP) is 3.72. The van der Waals surface area contributed by atoms with E-state index in [9.17, 15) is 13.2 Å². The fraction of sp³-hybridized carbons (Fsp3) is 0.316. The molecule has 0 spiro atoms. The number of likely N-dealkylation sites (N-methyl/N-ethyl adjacent to an activating group) is 1. The van der Waals surface area contributed by atoms with Crippen molar-refractivity contribution in [3.63, 3.8) is 0 Å². The highest BCUT2D eigenvalue weighted by molar-refractivity contribution is 7.89. The molecular formula is C19H23ClN2O3S. The van der Waals surface area contributed by atoms with Gasteiger partial charge in [-0.2, -0.15) is 4.31 Å². The van der Waals surface area contributed by atoms with Crippen LogP contribution in [0.2, 0.25) is 5.02 Å². The van der Waals surface area contributed by atoms with Gasteiger partial charge in [0.05, 0.1) is 11.4 Å². The van der Waals surface area contributed by atoms with Crippen LogP contribution in [0.4, 0.5) is 5.69 Å². The number of para-hydroxylation sites is 1. The number of hydrogen-bond acceptors (Lipinski definition) is 3.